The van der Waals surface area contributed by atoms with Crippen LogP contribution < -0.4 is 5.32 Å². The molecule has 4 nitrogen and oxygen atoms in total. The highest BCUT2D eigenvalue weighted by Crippen LogP contribution is 2.10. The van der Waals surface area contributed by atoms with E-state index in [0.29, 0.717) is 11.4 Å². The SMILES string of the molecule is CCc1ccc(CN(C)C(=O)C(C)NC(=O)c2cccs2)cc1. The van der Waals surface area contributed by atoms with Gasteiger partial charge in [-0.3, -0.25) is 9.59 Å². The average molecular weight is 330 g/mol. The molecule has 1 heterocycles. The highest BCUT2D eigenvalue weighted by atomic mass is 32.1. The van der Waals surface area contributed by atoms with Gasteiger partial charge in [0.2, 0.25) is 5.91 Å². The molecule has 1 unspecified atom stereocenters. The van der Waals surface area contributed by atoms with E-state index in [1.54, 1.807) is 24.9 Å². The van der Waals surface area contributed by atoms with E-state index in [2.05, 4.69) is 24.4 Å². The van der Waals surface area contributed by atoms with Gasteiger partial charge in [-0.1, -0.05) is 37.3 Å². The van der Waals surface area contributed by atoms with E-state index in [0.717, 1.165) is 12.0 Å². The van der Waals surface area contributed by atoms with Crippen molar-refractivity contribution in [3.8, 4) is 0 Å². The molecule has 5 heteroatoms. The minimum atomic E-state index is -0.551. The Bertz CT molecular complexity index is 650. The van der Waals surface area contributed by atoms with E-state index >= 15 is 0 Å². The summed E-state index contributed by atoms with van der Waals surface area (Å²) in [6, 6.07) is 11.2. The number of rotatable bonds is 6. The van der Waals surface area contributed by atoms with Crippen molar-refractivity contribution in [2.24, 2.45) is 0 Å². The first-order valence-electron chi connectivity index (χ1n) is 7.68. The lowest BCUT2D eigenvalue weighted by atomic mass is 10.1. The van der Waals surface area contributed by atoms with Crippen LogP contribution in [0.4, 0.5) is 0 Å². The normalized spacial score (nSPS) is 11.8. The lowest BCUT2D eigenvalue weighted by Crippen LogP contribution is -2.45. The number of carbonyl (C=O) groups excluding carboxylic acids is 2. The summed E-state index contributed by atoms with van der Waals surface area (Å²) in [5.41, 5.74) is 2.36. The summed E-state index contributed by atoms with van der Waals surface area (Å²) >= 11 is 1.36. The summed E-state index contributed by atoms with van der Waals surface area (Å²) in [5.74, 6) is -0.309. The highest BCUT2D eigenvalue weighted by Gasteiger charge is 2.20. The molecule has 2 aromatic rings. The first-order valence-corrected chi connectivity index (χ1v) is 8.56. The molecule has 0 spiro atoms. The van der Waals surface area contributed by atoms with Gasteiger partial charge in [0.05, 0.1) is 4.88 Å². The third kappa shape index (κ3) is 4.66. The molecule has 0 aliphatic rings. The van der Waals surface area contributed by atoms with Crippen LogP contribution in [0.1, 0.15) is 34.6 Å². The maximum atomic E-state index is 12.4. The molecule has 0 saturated heterocycles. The summed E-state index contributed by atoms with van der Waals surface area (Å²) < 4.78 is 0. The zero-order valence-corrected chi connectivity index (χ0v) is 14.5. The molecule has 2 rings (SSSR count). The van der Waals surface area contributed by atoms with Gasteiger partial charge < -0.3 is 10.2 Å². The number of hydrogen-bond acceptors (Lipinski definition) is 3. The van der Waals surface area contributed by atoms with Gasteiger partial charge in [0.1, 0.15) is 6.04 Å². The molecule has 0 radical (unpaired) electrons. The predicted octanol–water partition coefficient (Wildman–Crippen LogP) is 3.09. The number of benzene rings is 1. The molecular formula is C18H22N2O2S. The molecule has 23 heavy (non-hydrogen) atoms. The molecule has 1 N–H and O–H groups in total. The lowest BCUT2D eigenvalue weighted by Gasteiger charge is -2.22. The van der Waals surface area contributed by atoms with Gasteiger partial charge in [-0.15, -0.1) is 11.3 Å². The number of nitrogens with one attached hydrogen (secondary N) is 1. The van der Waals surface area contributed by atoms with Crippen molar-refractivity contribution >= 4 is 23.2 Å². The quantitative estimate of drug-likeness (QED) is 0.885. The summed E-state index contributed by atoms with van der Waals surface area (Å²) in [6.07, 6.45) is 1.00. The zero-order chi connectivity index (χ0) is 16.8. The Balaban J connectivity index is 1.91. The van der Waals surface area contributed by atoms with Gasteiger partial charge in [0.15, 0.2) is 0 Å². The maximum Gasteiger partial charge on any atom is 0.261 e. The molecule has 0 saturated carbocycles. The Kier molecular flexibility index (Phi) is 5.93. The highest BCUT2D eigenvalue weighted by molar-refractivity contribution is 7.12. The fourth-order valence-corrected chi connectivity index (χ4v) is 2.93. The molecule has 1 aromatic carbocycles. The van der Waals surface area contributed by atoms with Crippen LogP contribution in [-0.4, -0.2) is 29.8 Å². The van der Waals surface area contributed by atoms with E-state index in [-0.39, 0.29) is 11.8 Å². The van der Waals surface area contributed by atoms with Crippen LogP contribution in [0.5, 0.6) is 0 Å². The second-order valence-electron chi connectivity index (χ2n) is 5.54. The largest absolute Gasteiger partial charge is 0.340 e. The molecule has 1 aromatic heterocycles. The van der Waals surface area contributed by atoms with Crippen molar-refractivity contribution in [1.82, 2.24) is 10.2 Å². The van der Waals surface area contributed by atoms with Crippen molar-refractivity contribution in [2.45, 2.75) is 32.9 Å². The van der Waals surface area contributed by atoms with Crippen LogP contribution in [0.2, 0.25) is 0 Å². The van der Waals surface area contributed by atoms with E-state index in [1.807, 2.05) is 23.6 Å². The Morgan fingerprint density at radius 1 is 1.17 bits per heavy atom. The Morgan fingerprint density at radius 2 is 1.83 bits per heavy atom. The molecule has 0 bridgehead atoms. The molecule has 1 atom stereocenters. The fourth-order valence-electron chi connectivity index (χ4n) is 2.30. The van der Waals surface area contributed by atoms with Gasteiger partial charge in [-0.2, -0.15) is 0 Å². The first-order chi connectivity index (χ1) is 11.0. The number of aryl methyl sites for hydroxylation is 1. The van der Waals surface area contributed by atoms with Gasteiger partial charge in [0.25, 0.3) is 5.91 Å². The molecule has 122 valence electrons. The Morgan fingerprint density at radius 3 is 2.39 bits per heavy atom. The maximum absolute atomic E-state index is 12.4. The topological polar surface area (TPSA) is 49.4 Å². The van der Waals surface area contributed by atoms with Gasteiger partial charge >= 0.3 is 0 Å². The van der Waals surface area contributed by atoms with Crippen molar-refractivity contribution < 1.29 is 9.59 Å². The summed E-state index contributed by atoms with van der Waals surface area (Å²) in [4.78, 5) is 26.6. The second-order valence-corrected chi connectivity index (χ2v) is 6.48. The van der Waals surface area contributed by atoms with E-state index in [4.69, 9.17) is 0 Å². The van der Waals surface area contributed by atoms with E-state index in [9.17, 15) is 9.59 Å². The van der Waals surface area contributed by atoms with Crippen molar-refractivity contribution in [3.05, 3.63) is 57.8 Å². The molecular weight excluding hydrogens is 308 g/mol. The summed E-state index contributed by atoms with van der Waals surface area (Å²) in [6.45, 7) is 4.36. The van der Waals surface area contributed by atoms with Gasteiger partial charge in [0, 0.05) is 13.6 Å². The lowest BCUT2D eigenvalue weighted by molar-refractivity contribution is -0.132. The molecule has 0 fully saturated rings. The first kappa shape index (κ1) is 17.2. The second kappa shape index (κ2) is 7.92. The van der Waals surface area contributed by atoms with E-state index in [1.165, 1.54) is 16.9 Å². The van der Waals surface area contributed by atoms with Crippen LogP contribution >= 0.6 is 11.3 Å². The van der Waals surface area contributed by atoms with E-state index < -0.39 is 6.04 Å². The van der Waals surface area contributed by atoms with Gasteiger partial charge in [-0.05, 0) is 35.9 Å². The number of nitrogens with zero attached hydrogens (tertiary/aromatic N) is 1. The third-order valence-corrected chi connectivity index (χ3v) is 4.56. The molecule has 0 aliphatic heterocycles. The monoisotopic (exact) mass is 330 g/mol. The third-order valence-electron chi connectivity index (χ3n) is 3.69. The number of carbonyl (C=O) groups is 2. The van der Waals surface area contributed by atoms with Crippen LogP contribution in [0.3, 0.4) is 0 Å². The average Bonchev–Trinajstić information content (AvgIpc) is 3.09. The fraction of sp³-hybridized carbons (Fsp3) is 0.333. The van der Waals surface area contributed by atoms with Crippen LogP contribution in [0.15, 0.2) is 41.8 Å². The van der Waals surface area contributed by atoms with Crippen molar-refractivity contribution in [2.75, 3.05) is 7.05 Å². The van der Waals surface area contributed by atoms with Crippen LogP contribution in [0.25, 0.3) is 0 Å². The number of likely N-dealkylation sites (N-methyl/N-ethyl adjacent to an activating group) is 1. The Hall–Kier alpha value is -2.14. The van der Waals surface area contributed by atoms with Crippen molar-refractivity contribution in [1.29, 1.82) is 0 Å². The predicted molar refractivity (Wildman–Crippen MR) is 93.5 cm³/mol. The standard InChI is InChI=1S/C18H22N2O2S/c1-4-14-7-9-15(10-8-14)12-20(3)18(22)13(2)19-17(21)16-6-5-11-23-16/h5-11,13H,4,12H2,1-3H3,(H,19,21). The summed E-state index contributed by atoms with van der Waals surface area (Å²) in [7, 11) is 1.75. The molecule has 0 aliphatic carbocycles. The van der Waals surface area contributed by atoms with Gasteiger partial charge in [-0.25, -0.2) is 0 Å². The number of amides is 2. The van der Waals surface area contributed by atoms with Crippen LogP contribution in [0, 0.1) is 0 Å². The minimum absolute atomic E-state index is 0.102. The number of thiophene rings is 1. The molecule has 2 amide bonds. The van der Waals surface area contributed by atoms with Crippen molar-refractivity contribution in [3.63, 3.8) is 0 Å². The smallest absolute Gasteiger partial charge is 0.261 e. The summed E-state index contributed by atoms with van der Waals surface area (Å²) in [5, 5.41) is 4.59. The Labute approximate surface area is 141 Å². The number of hydrogen-bond donors (Lipinski definition) is 1. The zero-order valence-electron chi connectivity index (χ0n) is 13.7. The van der Waals surface area contributed by atoms with Crippen LogP contribution in [-0.2, 0) is 17.8 Å². The minimum Gasteiger partial charge on any atom is -0.340 e.